The first-order valence-electron chi connectivity index (χ1n) is 7.85. The quantitative estimate of drug-likeness (QED) is 0.602. The summed E-state index contributed by atoms with van der Waals surface area (Å²) in [7, 11) is 0. The molecule has 0 aliphatic rings. The van der Waals surface area contributed by atoms with Gasteiger partial charge in [-0.15, -0.1) is 11.3 Å². The Balaban J connectivity index is 1.52. The highest BCUT2D eigenvalue weighted by Crippen LogP contribution is 2.26. The Morgan fingerprint density at radius 2 is 1.88 bits per heavy atom. The average molecular weight is 362 g/mol. The predicted molar refractivity (Wildman–Crippen MR) is 99.4 cm³/mol. The number of imidazole rings is 1. The summed E-state index contributed by atoms with van der Waals surface area (Å²) in [5.74, 6) is 0.321. The van der Waals surface area contributed by atoms with Gasteiger partial charge in [-0.1, -0.05) is 0 Å². The van der Waals surface area contributed by atoms with Crippen LogP contribution in [0.15, 0.2) is 61.4 Å². The summed E-state index contributed by atoms with van der Waals surface area (Å²) in [6.07, 6.45) is 8.61. The summed E-state index contributed by atoms with van der Waals surface area (Å²) >= 11 is 1.28. The molecule has 3 aromatic heterocycles. The van der Waals surface area contributed by atoms with Gasteiger partial charge in [0.2, 0.25) is 0 Å². The lowest BCUT2D eigenvalue weighted by Crippen LogP contribution is -2.11. The van der Waals surface area contributed by atoms with E-state index in [2.05, 4.69) is 25.3 Å². The monoisotopic (exact) mass is 362 g/mol. The Hall–Kier alpha value is -3.39. The van der Waals surface area contributed by atoms with E-state index in [1.54, 1.807) is 37.9 Å². The lowest BCUT2D eigenvalue weighted by molar-refractivity contribution is 0.103. The highest BCUT2D eigenvalue weighted by atomic mass is 32.1. The molecule has 0 bridgehead atoms. The normalized spacial score (nSPS) is 10.7. The predicted octanol–water partition coefficient (Wildman–Crippen LogP) is 3.35. The van der Waals surface area contributed by atoms with Gasteiger partial charge in [0.25, 0.3) is 5.91 Å². The third-order valence-electron chi connectivity index (χ3n) is 3.69. The number of hydrogen-bond donors (Lipinski definition) is 1. The molecule has 0 aliphatic heterocycles. The van der Waals surface area contributed by atoms with Crippen LogP contribution in [-0.2, 0) is 0 Å². The smallest absolute Gasteiger partial charge is 0.267 e. The number of hydrogen-bond acceptors (Lipinski definition) is 6. The van der Waals surface area contributed by atoms with Crippen molar-refractivity contribution < 1.29 is 4.79 Å². The molecule has 3 heterocycles. The van der Waals surface area contributed by atoms with E-state index < -0.39 is 0 Å². The number of nitrogens with one attached hydrogen (secondary N) is 1. The van der Waals surface area contributed by atoms with Crippen molar-refractivity contribution in [2.45, 2.75) is 6.92 Å². The molecule has 26 heavy (non-hydrogen) atoms. The standard InChI is InChI=1S/C18H14N6OS/c1-12-15(26-18(22-12)16-20-7-2-8-21-16)17(25)23-13-3-5-14(6-4-13)24-10-9-19-11-24/h2-11H,1H3,(H,23,25). The van der Waals surface area contributed by atoms with Crippen LogP contribution >= 0.6 is 11.3 Å². The van der Waals surface area contributed by atoms with E-state index in [0.29, 0.717) is 27.1 Å². The minimum atomic E-state index is -0.197. The van der Waals surface area contributed by atoms with Gasteiger partial charge in [0.05, 0.1) is 12.0 Å². The average Bonchev–Trinajstić information content (AvgIpc) is 3.33. The fraction of sp³-hybridized carbons (Fsp3) is 0.0556. The molecule has 4 rings (SSSR count). The molecule has 1 aromatic carbocycles. The van der Waals surface area contributed by atoms with Crippen LogP contribution in [-0.4, -0.2) is 30.4 Å². The van der Waals surface area contributed by atoms with Gasteiger partial charge in [-0.3, -0.25) is 4.79 Å². The SMILES string of the molecule is Cc1nc(-c2ncccn2)sc1C(=O)Nc1ccc(-n2ccnc2)cc1. The number of aryl methyl sites for hydroxylation is 1. The largest absolute Gasteiger partial charge is 0.321 e. The highest BCUT2D eigenvalue weighted by Gasteiger charge is 2.17. The number of thiazole rings is 1. The van der Waals surface area contributed by atoms with E-state index in [9.17, 15) is 4.79 Å². The van der Waals surface area contributed by atoms with Crippen LogP contribution in [0.1, 0.15) is 15.4 Å². The number of amides is 1. The van der Waals surface area contributed by atoms with Crippen molar-refractivity contribution in [1.82, 2.24) is 24.5 Å². The summed E-state index contributed by atoms with van der Waals surface area (Å²) in [6, 6.07) is 9.28. The van der Waals surface area contributed by atoms with Crippen LogP contribution in [0.2, 0.25) is 0 Å². The first-order chi connectivity index (χ1) is 12.7. The lowest BCUT2D eigenvalue weighted by Gasteiger charge is -2.06. The summed E-state index contributed by atoms with van der Waals surface area (Å²) in [5, 5.41) is 3.53. The van der Waals surface area contributed by atoms with Crippen molar-refractivity contribution in [2.24, 2.45) is 0 Å². The van der Waals surface area contributed by atoms with Crippen molar-refractivity contribution >= 4 is 22.9 Å². The maximum absolute atomic E-state index is 12.6. The first kappa shape index (κ1) is 16.1. The van der Waals surface area contributed by atoms with Gasteiger partial charge < -0.3 is 9.88 Å². The van der Waals surface area contributed by atoms with Gasteiger partial charge in [0.1, 0.15) is 4.88 Å². The molecule has 0 fully saturated rings. The van der Waals surface area contributed by atoms with Gasteiger partial charge in [-0.2, -0.15) is 0 Å². The van der Waals surface area contributed by atoms with Crippen molar-refractivity contribution in [1.29, 1.82) is 0 Å². The molecule has 0 saturated carbocycles. The lowest BCUT2D eigenvalue weighted by atomic mass is 10.2. The van der Waals surface area contributed by atoms with Gasteiger partial charge in [0, 0.05) is 36.2 Å². The van der Waals surface area contributed by atoms with Crippen LogP contribution in [0.3, 0.4) is 0 Å². The second-order valence-corrected chi connectivity index (χ2v) is 6.48. The molecule has 0 atom stereocenters. The van der Waals surface area contributed by atoms with Crippen molar-refractivity contribution in [2.75, 3.05) is 5.32 Å². The van der Waals surface area contributed by atoms with E-state index in [1.165, 1.54) is 11.3 Å². The Morgan fingerprint density at radius 1 is 1.12 bits per heavy atom. The van der Waals surface area contributed by atoms with E-state index in [0.717, 1.165) is 5.69 Å². The molecular weight excluding hydrogens is 348 g/mol. The molecule has 4 aromatic rings. The molecule has 0 unspecified atom stereocenters. The Bertz CT molecular complexity index is 1030. The minimum absolute atomic E-state index is 0.197. The molecular formula is C18H14N6OS. The fourth-order valence-corrected chi connectivity index (χ4v) is 3.34. The molecule has 0 saturated heterocycles. The molecule has 0 radical (unpaired) electrons. The van der Waals surface area contributed by atoms with Gasteiger partial charge in [-0.25, -0.2) is 19.9 Å². The van der Waals surface area contributed by atoms with Crippen LogP contribution in [0.25, 0.3) is 16.5 Å². The van der Waals surface area contributed by atoms with Gasteiger partial charge in [0.15, 0.2) is 10.8 Å². The highest BCUT2D eigenvalue weighted by molar-refractivity contribution is 7.17. The van der Waals surface area contributed by atoms with E-state index in [1.807, 2.05) is 35.0 Å². The number of benzene rings is 1. The molecule has 1 N–H and O–H groups in total. The van der Waals surface area contributed by atoms with Crippen LogP contribution in [0.5, 0.6) is 0 Å². The third-order valence-corrected chi connectivity index (χ3v) is 4.84. The molecule has 8 heteroatoms. The first-order valence-corrected chi connectivity index (χ1v) is 8.67. The van der Waals surface area contributed by atoms with Gasteiger partial charge >= 0.3 is 0 Å². The molecule has 128 valence electrons. The molecule has 7 nitrogen and oxygen atoms in total. The van der Waals surface area contributed by atoms with Crippen LogP contribution < -0.4 is 5.32 Å². The summed E-state index contributed by atoms with van der Waals surface area (Å²) in [5.41, 5.74) is 2.34. The summed E-state index contributed by atoms with van der Waals surface area (Å²) < 4.78 is 1.89. The van der Waals surface area contributed by atoms with Crippen LogP contribution in [0.4, 0.5) is 5.69 Å². The summed E-state index contributed by atoms with van der Waals surface area (Å²) in [4.78, 5) is 29.9. The molecule has 0 spiro atoms. The number of carbonyl (C=O) groups is 1. The van der Waals surface area contributed by atoms with Gasteiger partial charge in [-0.05, 0) is 37.3 Å². The molecule has 0 aliphatic carbocycles. The van der Waals surface area contributed by atoms with Crippen molar-refractivity contribution in [3.8, 4) is 16.5 Å². The number of nitrogens with zero attached hydrogens (tertiary/aromatic N) is 5. The number of aromatic nitrogens is 5. The van der Waals surface area contributed by atoms with Crippen LogP contribution in [0, 0.1) is 6.92 Å². The zero-order valence-electron chi connectivity index (χ0n) is 13.8. The maximum Gasteiger partial charge on any atom is 0.267 e. The number of rotatable bonds is 4. The Morgan fingerprint density at radius 3 is 2.58 bits per heavy atom. The zero-order chi connectivity index (χ0) is 17.9. The number of carbonyl (C=O) groups excluding carboxylic acids is 1. The van der Waals surface area contributed by atoms with E-state index >= 15 is 0 Å². The van der Waals surface area contributed by atoms with E-state index in [-0.39, 0.29) is 5.91 Å². The fourth-order valence-electron chi connectivity index (χ4n) is 2.43. The second-order valence-electron chi connectivity index (χ2n) is 5.48. The molecule has 1 amide bonds. The third kappa shape index (κ3) is 3.22. The Kier molecular flexibility index (Phi) is 4.24. The minimum Gasteiger partial charge on any atom is -0.321 e. The van der Waals surface area contributed by atoms with Crippen molar-refractivity contribution in [3.05, 3.63) is 72.0 Å². The zero-order valence-corrected chi connectivity index (χ0v) is 14.6. The van der Waals surface area contributed by atoms with Crippen molar-refractivity contribution in [3.63, 3.8) is 0 Å². The topological polar surface area (TPSA) is 85.6 Å². The maximum atomic E-state index is 12.6. The summed E-state index contributed by atoms with van der Waals surface area (Å²) in [6.45, 7) is 1.81. The number of anilines is 1. The van der Waals surface area contributed by atoms with E-state index in [4.69, 9.17) is 0 Å². The second kappa shape index (κ2) is 6.85. The Labute approximate surface area is 153 Å².